The number of benzene rings is 1. The van der Waals surface area contributed by atoms with Crippen molar-refractivity contribution in [2.24, 2.45) is 0 Å². The van der Waals surface area contributed by atoms with Gasteiger partial charge in [0.25, 0.3) is 11.5 Å². The number of pyridine rings is 2. The Morgan fingerprint density at radius 3 is 2.37 bits per heavy atom. The lowest BCUT2D eigenvalue weighted by Crippen LogP contribution is -2.32. The van der Waals surface area contributed by atoms with Crippen molar-refractivity contribution in [3.8, 4) is 5.75 Å². The minimum absolute atomic E-state index is 0.167. The molecule has 1 atom stereocenters. The average molecular weight is 540 g/mol. The summed E-state index contributed by atoms with van der Waals surface area (Å²) in [6.07, 6.45) is -3.92. The van der Waals surface area contributed by atoms with Gasteiger partial charge in [-0.15, -0.1) is 13.2 Å². The van der Waals surface area contributed by atoms with Crippen LogP contribution in [-0.4, -0.2) is 33.9 Å². The third kappa shape index (κ3) is 7.51. The largest absolute Gasteiger partial charge is 0.573 e. The summed E-state index contributed by atoms with van der Waals surface area (Å²) in [7, 11) is 0. The summed E-state index contributed by atoms with van der Waals surface area (Å²) in [5.41, 5.74) is -2.73. The number of aromatic amines is 1. The van der Waals surface area contributed by atoms with E-state index in [0.717, 1.165) is 24.4 Å². The Hall–Kier alpha value is -4.49. The van der Waals surface area contributed by atoms with Crippen LogP contribution < -0.4 is 20.9 Å². The average Bonchev–Trinajstić information content (AvgIpc) is 2.78. The first-order valence-electron chi connectivity index (χ1n) is 10.8. The molecule has 0 radical (unpaired) electrons. The highest BCUT2D eigenvalue weighted by molar-refractivity contribution is 5.96. The molecule has 202 valence electrons. The standard InChI is InChI=1S/C24H21F5N4O5/c1-23(2,3)38-22(36)32-16-10-13(11-31-21(16)35)20(34)33-18(19-14(25)5-4-8-30-19)12-6-7-17(15(26)9-12)37-24(27,28)29/h4-11,18H,1-3H3,(H,31,35)(H,32,36)(H,33,34)/t18-/m0/s1. The van der Waals surface area contributed by atoms with Gasteiger partial charge in [-0.3, -0.25) is 19.9 Å². The second kappa shape index (κ2) is 10.9. The lowest BCUT2D eigenvalue weighted by molar-refractivity contribution is -0.275. The van der Waals surface area contributed by atoms with Gasteiger partial charge in [-0.1, -0.05) is 6.07 Å². The Balaban J connectivity index is 1.94. The van der Waals surface area contributed by atoms with Crippen molar-refractivity contribution in [1.82, 2.24) is 15.3 Å². The lowest BCUT2D eigenvalue weighted by atomic mass is 10.0. The van der Waals surface area contributed by atoms with Gasteiger partial charge in [-0.05, 0) is 56.7 Å². The number of carbonyl (C=O) groups excluding carboxylic acids is 2. The van der Waals surface area contributed by atoms with Gasteiger partial charge in [0.15, 0.2) is 11.6 Å². The number of nitrogens with zero attached hydrogens (tertiary/aromatic N) is 1. The van der Waals surface area contributed by atoms with E-state index < -0.39 is 52.9 Å². The van der Waals surface area contributed by atoms with Crippen molar-refractivity contribution >= 4 is 17.7 Å². The number of hydrogen-bond donors (Lipinski definition) is 3. The highest BCUT2D eigenvalue weighted by Crippen LogP contribution is 2.30. The molecule has 0 spiro atoms. The van der Waals surface area contributed by atoms with E-state index in [0.29, 0.717) is 12.1 Å². The van der Waals surface area contributed by atoms with E-state index in [1.165, 1.54) is 12.3 Å². The number of aromatic nitrogens is 2. The van der Waals surface area contributed by atoms with Crippen molar-refractivity contribution in [1.29, 1.82) is 0 Å². The van der Waals surface area contributed by atoms with Crippen LogP contribution in [-0.2, 0) is 4.74 Å². The van der Waals surface area contributed by atoms with Crippen molar-refractivity contribution in [3.63, 3.8) is 0 Å². The number of ether oxygens (including phenoxy) is 2. The summed E-state index contributed by atoms with van der Waals surface area (Å²) in [4.78, 5) is 43.3. The molecule has 14 heteroatoms. The van der Waals surface area contributed by atoms with E-state index in [4.69, 9.17) is 4.74 Å². The molecule has 3 rings (SSSR count). The van der Waals surface area contributed by atoms with E-state index in [9.17, 15) is 36.3 Å². The highest BCUT2D eigenvalue weighted by Gasteiger charge is 2.33. The molecule has 0 saturated carbocycles. The predicted octanol–water partition coefficient (Wildman–Crippen LogP) is 4.81. The Morgan fingerprint density at radius 1 is 1.05 bits per heavy atom. The summed E-state index contributed by atoms with van der Waals surface area (Å²) in [5.74, 6) is -4.39. The molecule has 0 bridgehead atoms. The minimum atomic E-state index is -5.15. The number of amides is 2. The quantitative estimate of drug-likeness (QED) is 0.386. The van der Waals surface area contributed by atoms with Crippen LogP contribution in [0.25, 0.3) is 0 Å². The predicted molar refractivity (Wildman–Crippen MR) is 124 cm³/mol. The normalized spacial score (nSPS) is 12.4. The molecule has 3 aromatic rings. The maximum atomic E-state index is 14.6. The summed E-state index contributed by atoms with van der Waals surface area (Å²) in [6, 6.07) is 4.10. The highest BCUT2D eigenvalue weighted by atomic mass is 19.4. The molecular weight excluding hydrogens is 519 g/mol. The summed E-state index contributed by atoms with van der Waals surface area (Å²) in [5, 5.41) is 4.61. The minimum Gasteiger partial charge on any atom is -0.444 e. The van der Waals surface area contributed by atoms with E-state index in [2.05, 4.69) is 25.3 Å². The van der Waals surface area contributed by atoms with Crippen molar-refractivity contribution in [2.75, 3.05) is 5.32 Å². The SMILES string of the molecule is CC(C)(C)OC(=O)Nc1cc(C(=O)N[C@@H](c2ccc(OC(F)(F)F)c(F)c2)c2ncccc2F)c[nH]c1=O. The third-order valence-corrected chi connectivity index (χ3v) is 4.65. The number of hydrogen-bond acceptors (Lipinski definition) is 6. The number of alkyl halides is 3. The smallest absolute Gasteiger partial charge is 0.444 e. The van der Waals surface area contributed by atoms with Crippen LogP contribution >= 0.6 is 0 Å². The summed E-state index contributed by atoms with van der Waals surface area (Å²) in [6.45, 7) is 4.80. The van der Waals surface area contributed by atoms with Crippen LogP contribution in [0.5, 0.6) is 5.75 Å². The molecule has 2 aromatic heterocycles. The molecule has 2 amide bonds. The first-order chi connectivity index (χ1) is 17.6. The maximum Gasteiger partial charge on any atom is 0.573 e. The molecule has 9 nitrogen and oxygen atoms in total. The maximum absolute atomic E-state index is 14.6. The van der Waals surface area contributed by atoms with Crippen molar-refractivity contribution in [3.05, 3.63) is 87.6 Å². The zero-order chi connectivity index (χ0) is 28.3. The van der Waals surface area contributed by atoms with Gasteiger partial charge in [-0.2, -0.15) is 0 Å². The van der Waals surface area contributed by atoms with Gasteiger partial charge in [-0.25, -0.2) is 13.6 Å². The molecule has 0 unspecified atom stereocenters. The molecule has 0 aliphatic heterocycles. The first-order valence-corrected chi connectivity index (χ1v) is 10.8. The van der Waals surface area contributed by atoms with E-state index in [1.54, 1.807) is 20.8 Å². The van der Waals surface area contributed by atoms with Crippen LogP contribution in [0.15, 0.2) is 53.6 Å². The zero-order valence-corrected chi connectivity index (χ0v) is 20.1. The van der Waals surface area contributed by atoms with E-state index in [1.807, 2.05) is 0 Å². The number of nitrogens with one attached hydrogen (secondary N) is 3. The Bertz CT molecular complexity index is 1400. The van der Waals surface area contributed by atoms with E-state index >= 15 is 0 Å². The summed E-state index contributed by atoms with van der Waals surface area (Å²) < 4.78 is 75.2. The molecule has 1 aromatic carbocycles. The van der Waals surface area contributed by atoms with Gasteiger partial charge in [0, 0.05) is 12.4 Å². The van der Waals surface area contributed by atoms with Crippen LogP contribution in [0.2, 0.25) is 0 Å². The number of H-pyrrole nitrogens is 1. The van der Waals surface area contributed by atoms with Crippen LogP contribution in [0, 0.1) is 11.6 Å². The summed E-state index contributed by atoms with van der Waals surface area (Å²) >= 11 is 0. The Morgan fingerprint density at radius 2 is 1.76 bits per heavy atom. The third-order valence-electron chi connectivity index (χ3n) is 4.65. The van der Waals surface area contributed by atoms with Gasteiger partial charge in [0.1, 0.15) is 22.8 Å². The fourth-order valence-electron chi connectivity index (χ4n) is 3.16. The first kappa shape index (κ1) is 28.1. The van der Waals surface area contributed by atoms with Crippen LogP contribution in [0.1, 0.15) is 48.4 Å². The number of halogens is 5. The monoisotopic (exact) mass is 540 g/mol. The fraction of sp³-hybridized carbons (Fsp3) is 0.250. The van der Waals surface area contributed by atoms with Crippen LogP contribution in [0.4, 0.5) is 32.4 Å². The molecule has 0 aliphatic carbocycles. The molecule has 0 saturated heterocycles. The van der Waals surface area contributed by atoms with Gasteiger partial charge in [0.05, 0.1) is 11.6 Å². The second-order valence-electron chi connectivity index (χ2n) is 8.77. The van der Waals surface area contributed by atoms with Crippen molar-refractivity contribution in [2.45, 2.75) is 38.8 Å². The molecule has 3 N–H and O–H groups in total. The molecule has 38 heavy (non-hydrogen) atoms. The molecule has 0 aliphatic rings. The zero-order valence-electron chi connectivity index (χ0n) is 20.1. The van der Waals surface area contributed by atoms with Gasteiger partial charge >= 0.3 is 12.5 Å². The fourth-order valence-corrected chi connectivity index (χ4v) is 3.16. The lowest BCUT2D eigenvalue weighted by Gasteiger charge is -2.21. The Kier molecular flexibility index (Phi) is 8.03. The molecule has 2 heterocycles. The van der Waals surface area contributed by atoms with E-state index in [-0.39, 0.29) is 22.5 Å². The second-order valence-corrected chi connectivity index (χ2v) is 8.77. The molecular formula is C24H21F5N4O5. The number of anilines is 1. The number of rotatable bonds is 6. The Labute approximate surface area is 212 Å². The van der Waals surface area contributed by atoms with Crippen molar-refractivity contribution < 1.29 is 41.0 Å². The van der Waals surface area contributed by atoms with Gasteiger partial charge < -0.3 is 19.8 Å². The van der Waals surface area contributed by atoms with Gasteiger partial charge in [0.2, 0.25) is 0 Å². The number of carbonyl (C=O) groups is 2. The topological polar surface area (TPSA) is 122 Å². The van der Waals surface area contributed by atoms with Crippen LogP contribution in [0.3, 0.4) is 0 Å². The molecule has 0 fully saturated rings.